The van der Waals surface area contributed by atoms with E-state index in [1.807, 2.05) is 71.9 Å². The Morgan fingerprint density at radius 3 is 2.05 bits per heavy atom. The van der Waals surface area contributed by atoms with Gasteiger partial charge in [0.15, 0.2) is 0 Å². The van der Waals surface area contributed by atoms with Crippen molar-refractivity contribution in [2.45, 2.75) is 70.1 Å². The van der Waals surface area contributed by atoms with Crippen molar-refractivity contribution in [3.63, 3.8) is 0 Å². The summed E-state index contributed by atoms with van der Waals surface area (Å²) in [6.45, 7) is 12.8. The van der Waals surface area contributed by atoms with Gasteiger partial charge >= 0.3 is 13.2 Å². The van der Waals surface area contributed by atoms with Gasteiger partial charge in [0.2, 0.25) is 0 Å². The van der Waals surface area contributed by atoms with Crippen molar-refractivity contribution >= 4 is 31.3 Å². The predicted molar refractivity (Wildman–Crippen MR) is 151 cm³/mol. The fraction of sp³-hybridized carbons (Fsp3) is 0.367. The van der Waals surface area contributed by atoms with Crippen molar-refractivity contribution in [1.82, 2.24) is 5.32 Å². The van der Waals surface area contributed by atoms with E-state index in [-0.39, 0.29) is 12.5 Å². The molecule has 192 valence electrons. The largest absolute Gasteiger partial charge is 0.495 e. The van der Waals surface area contributed by atoms with Crippen LogP contribution in [0.15, 0.2) is 59.5 Å². The Kier molecular flexibility index (Phi) is 6.67. The Hall–Kier alpha value is -2.74. The molecule has 7 heteroatoms. The third-order valence-electron chi connectivity index (χ3n) is 8.24. The van der Waals surface area contributed by atoms with Gasteiger partial charge < -0.3 is 19.4 Å². The molecule has 0 aromatic heterocycles. The number of nitrogens with one attached hydrogen (secondary N) is 1. The zero-order valence-corrected chi connectivity index (χ0v) is 23.2. The van der Waals surface area contributed by atoms with Gasteiger partial charge in [0.1, 0.15) is 6.61 Å². The molecule has 3 aromatic carbocycles. The lowest BCUT2D eigenvalue weighted by Gasteiger charge is -2.32. The Morgan fingerprint density at radius 2 is 1.49 bits per heavy atom. The van der Waals surface area contributed by atoms with Crippen molar-refractivity contribution in [1.29, 1.82) is 0 Å². The van der Waals surface area contributed by atoms with Crippen LogP contribution in [-0.2, 0) is 20.6 Å². The van der Waals surface area contributed by atoms with E-state index in [1.54, 1.807) is 0 Å². The van der Waals surface area contributed by atoms with Gasteiger partial charge in [0.05, 0.1) is 11.2 Å². The van der Waals surface area contributed by atoms with E-state index in [4.69, 9.17) is 26.7 Å². The molecule has 0 atom stereocenters. The zero-order valence-electron chi connectivity index (χ0n) is 22.3. The molecule has 1 heterocycles. The maximum atomic E-state index is 12.8. The summed E-state index contributed by atoms with van der Waals surface area (Å²) in [5.41, 5.74) is 7.88. The molecular weight excluding hydrogens is 481 g/mol. The molecule has 37 heavy (non-hydrogen) atoms. The normalized spacial score (nSPS) is 17.4. The predicted octanol–water partition coefficient (Wildman–Crippen LogP) is 5.93. The second kappa shape index (κ2) is 9.53. The minimum atomic E-state index is -0.495. The Labute approximate surface area is 225 Å². The minimum absolute atomic E-state index is 0.0262. The molecular formula is C30H34BNO4S. The lowest BCUT2D eigenvalue weighted by atomic mass is 9.72. The van der Waals surface area contributed by atoms with Gasteiger partial charge in [-0.15, -0.1) is 12.6 Å². The maximum Gasteiger partial charge on any atom is 0.495 e. The third kappa shape index (κ3) is 4.58. The lowest BCUT2D eigenvalue weighted by Crippen LogP contribution is -2.41. The van der Waals surface area contributed by atoms with Crippen LogP contribution < -0.4 is 10.8 Å². The monoisotopic (exact) mass is 515 g/mol. The number of carbonyl (C=O) groups is 1. The summed E-state index contributed by atoms with van der Waals surface area (Å²) in [6, 6.07) is 18.6. The molecule has 1 aliphatic heterocycles. The van der Waals surface area contributed by atoms with E-state index in [0.29, 0.717) is 6.54 Å². The molecule has 1 amide bonds. The lowest BCUT2D eigenvalue weighted by molar-refractivity contribution is 0.00578. The summed E-state index contributed by atoms with van der Waals surface area (Å²) in [5.74, 6) is 0.0262. The Morgan fingerprint density at radius 1 is 0.946 bits per heavy atom. The average Bonchev–Trinajstić information content (AvgIpc) is 3.28. The number of hydrogen-bond acceptors (Lipinski definition) is 5. The molecule has 1 saturated heterocycles. The van der Waals surface area contributed by atoms with E-state index < -0.39 is 24.4 Å². The first-order chi connectivity index (χ1) is 17.5. The smallest absolute Gasteiger partial charge is 0.449 e. The summed E-state index contributed by atoms with van der Waals surface area (Å²) in [5, 5.41) is 2.93. The highest BCUT2D eigenvalue weighted by atomic mass is 32.1. The van der Waals surface area contributed by atoms with Crippen LogP contribution in [0, 0.1) is 13.8 Å². The van der Waals surface area contributed by atoms with Gasteiger partial charge in [-0.3, -0.25) is 0 Å². The molecule has 5 nitrogen and oxygen atoms in total. The fourth-order valence-corrected chi connectivity index (χ4v) is 5.56. The first kappa shape index (κ1) is 25.9. The molecule has 1 N–H and O–H groups in total. The second-order valence-corrected chi connectivity index (χ2v) is 11.5. The molecule has 3 aromatic rings. The van der Waals surface area contributed by atoms with Crippen LogP contribution >= 0.6 is 12.6 Å². The summed E-state index contributed by atoms with van der Waals surface area (Å²) >= 11 is 4.71. The molecule has 1 aliphatic carbocycles. The van der Waals surface area contributed by atoms with Crippen molar-refractivity contribution in [3.8, 4) is 11.1 Å². The highest BCUT2D eigenvalue weighted by molar-refractivity contribution is 7.80. The van der Waals surface area contributed by atoms with Crippen molar-refractivity contribution < 1.29 is 18.8 Å². The molecule has 1 fully saturated rings. The standard InChI is InChI=1S/C30H34BNO4S/c1-18-20(15-26(37)19(2)27(18)31-35-29(3,4)30(5,6)36-31)16-32-28(33)34-17-25-23-13-9-7-11-21(23)22-12-8-10-14-24(22)25/h7-15,25,37H,16-17H2,1-6H3,(H,32,33). The number of thiol groups is 1. The Balaban J connectivity index is 1.29. The number of fused-ring (bicyclic) bond motifs is 3. The number of alkyl carbamates (subject to hydrolysis) is 1. The van der Waals surface area contributed by atoms with Crippen LogP contribution in [0.4, 0.5) is 4.79 Å². The molecule has 2 aliphatic rings. The van der Waals surface area contributed by atoms with Crippen molar-refractivity contribution in [3.05, 3.63) is 82.4 Å². The van der Waals surface area contributed by atoms with Crippen LogP contribution in [0.25, 0.3) is 11.1 Å². The number of ether oxygens (including phenoxy) is 1. The fourth-order valence-electron chi connectivity index (χ4n) is 5.29. The zero-order chi connectivity index (χ0) is 26.5. The summed E-state index contributed by atoms with van der Waals surface area (Å²) < 4.78 is 18.4. The molecule has 0 saturated carbocycles. The van der Waals surface area contributed by atoms with Gasteiger partial charge in [-0.05, 0) is 92.0 Å². The topological polar surface area (TPSA) is 56.8 Å². The number of amides is 1. The maximum absolute atomic E-state index is 12.8. The van der Waals surface area contributed by atoms with Crippen molar-refractivity contribution in [2.75, 3.05) is 6.61 Å². The van der Waals surface area contributed by atoms with E-state index in [9.17, 15) is 4.79 Å². The number of hydrogen-bond donors (Lipinski definition) is 2. The average molecular weight is 515 g/mol. The quantitative estimate of drug-likeness (QED) is 0.327. The Bertz CT molecular complexity index is 1310. The number of benzene rings is 3. The van der Waals surface area contributed by atoms with E-state index >= 15 is 0 Å². The van der Waals surface area contributed by atoms with E-state index in [1.165, 1.54) is 22.3 Å². The summed E-state index contributed by atoms with van der Waals surface area (Å²) in [4.78, 5) is 13.6. The molecule has 0 unspecified atom stereocenters. The number of rotatable bonds is 5. The molecule has 0 radical (unpaired) electrons. The van der Waals surface area contributed by atoms with E-state index in [2.05, 4.69) is 29.6 Å². The third-order valence-corrected chi connectivity index (χ3v) is 8.71. The molecule has 0 spiro atoms. The highest BCUT2D eigenvalue weighted by Gasteiger charge is 2.52. The molecule has 0 bridgehead atoms. The van der Waals surface area contributed by atoms with Gasteiger partial charge in [0, 0.05) is 17.4 Å². The number of carbonyl (C=O) groups excluding carboxylic acids is 1. The summed E-state index contributed by atoms with van der Waals surface area (Å²) in [6.07, 6.45) is -0.445. The van der Waals surface area contributed by atoms with Gasteiger partial charge in [-0.25, -0.2) is 4.79 Å². The first-order valence-electron chi connectivity index (χ1n) is 12.8. The van der Waals surface area contributed by atoms with Gasteiger partial charge in [-0.1, -0.05) is 48.5 Å². The van der Waals surface area contributed by atoms with Crippen LogP contribution in [0.5, 0.6) is 0 Å². The van der Waals surface area contributed by atoms with Crippen LogP contribution in [-0.4, -0.2) is 31.0 Å². The van der Waals surface area contributed by atoms with Crippen molar-refractivity contribution in [2.24, 2.45) is 0 Å². The molecule has 5 rings (SSSR count). The second-order valence-electron chi connectivity index (χ2n) is 11.0. The van der Waals surface area contributed by atoms with Gasteiger partial charge in [0.25, 0.3) is 0 Å². The van der Waals surface area contributed by atoms with E-state index in [0.717, 1.165) is 27.0 Å². The van der Waals surface area contributed by atoms with Crippen LogP contribution in [0.3, 0.4) is 0 Å². The first-order valence-corrected chi connectivity index (χ1v) is 13.2. The SMILES string of the molecule is Cc1c(S)cc(CNC(=O)OCC2c3ccccc3-c3ccccc32)c(C)c1B1OC(C)(C)C(C)(C)O1. The highest BCUT2D eigenvalue weighted by Crippen LogP contribution is 2.44. The van der Waals surface area contributed by atoms with Crippen LogP contribution in [0.2, 0.25) is 0 Å². The summed E-state index contributed by atoms with van der Waals surface area (Å²) in [7, 11) is -0.495. The van der Waals surface area contributed by atoms with Gasteiger partial charge in [-0.2, -0.15) is 0 Å². The van der Waals surface area contributed by atoms with Crippen LogP contribution in [0.1, 0.15) is 61.4 Å². The minimum Gasteiger partial charge on any atom is -0.449 e.